The first-order chi connectivity index (χ1) is 25.5. The van der Waals surface area contributed by atoms with Crippen molar-refractivity contribution in [2.24, 2.45) is 0 Å². The van der Waals surface area contributed by atoms with Crippen molar-refractivity contribution in [1.82, 2.24) is 19.9 Å². The number of fused-ring (bicyclic) bond motifs is 4. The molecular formula is C40H48F2N6O5. The number of rotatable bonds is 7. The Balaban J connectivity index is 1.30. The maximum atomic E-state index is 17.5. The number of aromatic nitrogens is 3. The summed E-state index contributed by atoms with van der Waals surface area (Å²) in [6, 6.07) is 6.57. The molecular weight excluding hydrogens is 682 g/mol. The fourth-order valence-electron chi connectivity index (χ4n) is 9.03. The number of nitrogens with one attached hydrogen (secondary N) is 1. The molecule has 0 radical (unpaired) electrons. The Bertz CT molecular complexity index is 2070. The molecule has 2 aromatic heterocycles. The maximum absolute atomic E-state index is 17.5. The molecule has 2 N–H and O–H groups in total. The van der Waals surface area contributed by atoms with Crippen LogP contribution in [0.4, 0.5) is 25.1 Å². The van der Waals surface area contributed by atoms with E-state index >= 15 is 8.78 Å². The Labute approximate surface area is 308 Å². The Morgan fingerprint density at radius 1 is 1.09 bits per heavy atom. The fourth-order valence-corrected chi connectivity index (χ4v) is 9.03. The number of halogens is 2. The molecule has 53 heavy (non-hydrogen) atoms. The zero-order chi connectivity index (χ0) is 37.1. The van der Waals surface area contributed by atoms with E-state index in [0.717, 1.165) is 38.6 Å². The Morgan fingerprint density at radius 2 is 1.94 bits per heavy atom. The topological polar surface area (TPSA) is 122 Å². The van der Waals surface area contributed by atoms with E-state index in [2.05, 4.69) is 15.1 Å². The number of benzene rings is 2. The molecule has 4 aliphatic rings. The highest BCUT2D eigenvalue weighted by atomic mass is 19.1. The molecule has 3 fully saturated rings. The Hall–Kier alpha value is -4.20. The van der Waals surface area contributed by atoms with Crippen LogP contribution in [-0.2, 0) is 22.3 Å². The van der Waals surface area contributed by atoms with Gasteiger partial charge in [-0.15, -0.1) is 0 Å². The molecule has 282 valence electrons. The number of aliphatic hydroxyl groups is 1. The van der Waals surface area contributed by atoms with Gasteiger partial charge in [0.15, 0.2) is 5.82 Å². The van der Waals surface area contributed by atoms with Crippen molar-refractivity contribution in [2.45, 2.75) is 102 Å². The molecule has 11 nitrogen and oxygen atoms in total. The summed E-state index contributed by atoms with van der Waals surface area (Å²) in [5.41, 5.74) is 0.891. The van der Waals surface area contributed by atoms with Gasteiger partial charge in [-0.1, -0.05) is 13.0 Å². The van der Waals surface area contributed by atoms with Gasteiger partial charge in [0.05, 0.1) is 35.9 Å². The van der Waals surface area contributed by atoms with Gasteiger partial charge in [0, 0.05) is 30.4 Å². The highest BCUT2D eigenvalue weighted by Gasteiger charge is 2.49. The second-order valence-electron chi connectivity index (χ2n) is 15.9. The number of hydrogen-bond donors (Lipinski definition) is 2. The van der Waals surface area contributed by atoms with E-state index in [1.54, 1.807) is 39.0 Å². The van der Waals surface area contributed by atoms with Crippen molar-refractivity contribution in [3.8, 4) is 17.3 Å². The van der Waals surface area contributed by atoms with Gasteiger partial charge in [0.1, 0.15) is 35.1 Å². The summed E-state index contributed by atoms with van der Waals surface area (Å²) in [6.07, 6.45) is 5.45. The minimum absolute atomic E-state index is 0.00352. The average molecular weight is 731 g/mol. The number of pyridine rings is 1. The second-order valence-corrected chi connectivity index (χ2v) is 15.9. The molecule has 0 unspecified atom stereocenters. The predicted octanol–water partition coefficient (Wildman–Crippen LogP) is 6.94. The highest BCUT2D eigenvalue weighted by molar-refractivity contribution is 6.04. The van der Waals surface area contributed by atoms with E-state index in [-0.39, 0.29) is 41.5 Å². The van der Waals surface area contributed by atoms with Crippen LogP contribution in [-0.4, -0.2) is 93.8 Å². The van der Waals surface area contributed by atoms with Crippen molar-refractivity contribution in [2.75, 3.05) is 49.7 Å². The molecule has 4 aliphatic heterocycles. The average Bonchev–Trinajstić information content (AvgIpc) is 3.54. The van der Waals surface area contributed by atoms with Gasteiger partial charge in [0.2, 0.25) is 0 Å². The number of anilines is 2. The van der Waals surface area contributed by atoms with Crippen LogP contribution in [0.25, 0.3) is 32.9 Å². The minimum atomic E-state index is -0.738. The van der Waals surface area contributed by atoms with Crippen molar-refractivity contribution in [3.63, 3.8) is 0 Å². The van der Waals surface area contributed by atoms with Gasteiger partial charge < -0.3 is 24.2 Å². The monoisotopic (exact) mass is 730 g/mol. The molecule has 0 bridgehead atoms. The number of aryl methyl sites for hydroxylation is 2. The van der Waals surface area contributed by atoms with Crippen LogP contribution < -0.4 is 15.0 Å². The van der Waals surface area contributed by atoms with Gasteiger partial charge in [0.25, 0.3) is 0 Å². The first kappa shape index (κ1) is 35.8. The van der Waals surface area contributed by atoms with E-state index in [0.29, 0.717) is 90.1 Å². The molecule has 8 rings (SSSR count). The second kappa shape index (κ2) is 13.9. The van der Waals surface area contributed by atoms with Crippen LogP contribution in [0, 0.1) is 11.6 Å². The molecule has 0 aliphatic carbocycles. The minimum Gasteiger partial charge on any atom is -0.461 e. The van der Waals surface area contributed by atoms with Gasteiger partial charge in [-0.3, -0.25) is 10.2 Å². The summed E-state index contributed by atoms with van der Waals surface area (Å²) < 4.78 is 51.0. The molecule has 3 atom stereocenters. The molecule has 4 aromatic rings. The zero-order valence-electron chi connectivity index (χ0n) is 30.9. The number of aliphatic hydroxyl groups excluding tert-OH is 1. The van der Waals surface area contributed by atoms with Crippen molar-refractivity contribution >= 4 is 39.3 Å². The normalized spacial score (nSPS) is 23.1. The largest absolute Gasteiger partial charge is 0.461 e. The molecule has 1 amide bonds. The van der Waals surface area contributed by atoms with Gasteiger partial charge in [-0.2, -0.15) is 9.97 Å². The number of hydrogen-bond acceptors (Lipinski definition) is 10. The number of ether oxygens (including phenoxy) is 3. The van der Waals surface area contributed by atoms with Crippen LogP contribution >= 0.6 is 0 Å². The molecule has 13 heteroatoms. The highest BCUT2D eigenvalue weighted by Crippen LogP contribution is 2.44. The van der Waals surface area contributed by atoms with Crippen molar-refractivity contribution < 1.29 is 32.9 Å². The molecule has 6 heterocycles. The lowest BCUT2D eigenvalue weighted by molar-refractivity contribution is 0.0635. The number of carbonyl (C=O) groups is 1. The maximum Gasteiger partial charge on any atom is 0.412 e. The predicted molar refractivity (Wildman–Crippen MR) is 199 cm³/mol. The van der Waals surface area contributed by atoms with Crippen LogP contribution in [0.3, 0.4) is 0 Å². The van der Waals surface area contributed by atoms with Crippen molar-refractivity contribution in [1.29, 1.82) is 0 Å². The molecule has 2 aromatic carbocycles. The lowest BCUT2D eigenvalue weighted by atomic mass is 9.93. The number of amides is 1. The number of carbonyl (C=O) groups excluding carboxylic acids is 1. The third-order valence-electron chi connectivity index (χ3n) is 11.4. The van der Waals surface area contributed by atoms with Crippen LogP contribution in [0.2, 0.25) is 0 Å². The third kappa shape index (κ3) is 6.54. The lowest BCUT2D eigenvalue weighted by Gasteiger charge is -2.34. The van der Waals surface area contributed by atoms with E-state index in [1.165, 1.54) is 6.07 Å². The first-order valence-corrected chi connectivity index (χ1v) is 19.0. The number of nitrogens with zero attached hydrogens (tertiary/aromatic N) is 5. The summed E-state index contributed by atoms with van der Waals surface area (Å²) in [6.45, 7) is 10.3. The lowest BCUT2D eigenvalue weighted by Crippen LogP contribution is -2.47. The Morgan fingerprint density at radius 3 is 2.74 bits per heavy atom. The van der Waals surface area contributed by atoms with E-state index in [9.17, 15) is 9.90 Å². The fraction of sp³-hybridized carbons (Fsp3) is 0.550. The SMILES string of the molecule is CCc1c(F)ccc2cc(NC(=O)OC(C)(C)C)cc(-c3nc4c5c(nc(OC[C@@]67CCCN6[C@H](CO)CC7)nc5c3F)N3CCCOC[C@@H]3CC4)c12. The molecule has 0 saturated carbocycles. The summed E-state index contributed by atoms with van der Waals surface area (Å²) >= 11 is 0. The van der Waals surface area contributed by atoms with E-state index in [4.69, 9.17) is 29.2 Å². The summed E-state index contributed by atoms with van der Waals surface area (Å²) in [5, 5.41) is 14.5. The van der Waals surface area contributed by atoms with Crippen molar-refractivity contribution in [3.05, 3.63) is 47.2 Å². The summed E-state index contributed by atoms with van der Waals surface area (Å²) in [5.74, 6) is -0.500. The molecule has 0 spiro atoms. The van der Waals surface area contributed by atoms with E-state index in [1.807, 2.05) is 6.92 Å². The molecule has 3 saturated heterocycles. The van der Waals surface area contributed by atoms with Gasteiger partial charge >= 0.3 is 12.1 Å². The quantitative estimate of drug-likeness (QED) is 0.207. The first-order valence-electron chi connectivity index (χ1n) is 19.0. The summed E-state index contributed by atoms with van der Waals surface area (Å²) in [4.78, 5) is 32.3. The zero-order valence-corrected chi connectivity index (χ0v) is 30.9. The standard InChI is InChI=1S/C40H48F2N6O5/c1-5-27-29(41)10-8-23-18-24(43-38(50)53-39(2,3)4)19-28(31(23)27)34-33(42)35-32-30(44-34)11-9-26-21-51-17-7-15-47(26)36(32)46-37(45-35)52-22-40-13-6-16-48(40)25(20-49)12-14-40/h8,10,18-19,25-26,49H,5-7,9,11-17,20-22H2,1-4H3,(H,43,50)/t25-,26-,40-/m0/s1. The van der Waals surface area contributed by atoms with Gasteiger partial charge in [-0.25, -0.2) is 18.6 Å². The van der Waals surface area contributed by atoms with Crippen LogP contribution in [0.1, 0.15) is 77.5 Å². The van der Waals surface area contributed by atoms with Crippen LogP contribution in [0.15, 0.2) is 24.3 Å². The smallest absolute Gasteiger partial charge is 0.412 e. The summed E-state index contributed by atoms with van der Waals surface area (Å²) in [7, 11) is 0. The Kier molecular flexibility index (Phi) is 9.39. The van der Waals surface area contributed by atoms with Gasteiger partial charge in [-0.05, 0) is 113 Å². The van der Waals surface area contributed by atoms with Crippen LogP contribution in [0.5, 0.6) is 6.01 Å². The third-order valence-corrected chi connectivity index (χ3v) is 11.4. The van der Waals surface area contributed by atoms with E-state index < -0.39 is 23.3 Å².